The van der Waals surface area contributed by atoms with Gasteiger partial charge in [0.25, 0.3) is 0 Å². The number of rotatable bonds is 4. The molecule has 1 atom stereocenters. The van der Waals surface area contributed by atoms with Crippen molar-refractivity contribution in [2.45, 2.75) is 19.2 Å². The molecule has 20 heavy (non-hydrogen) atoms. The molecule has 0 aromatic heterocycles. The first-order chi connectivity index (χ1) is 9.52. The van der Waals surface area contributed by atoms with Gasteiger partial charge in [0.05, 0.1) is 16.5 Å². The average Bonchev–Trinajstić information content (AvgIpc) is 2.43. The lowest BCUT2D eigenvalue weighted by Crippen LogP contribution is -1.97. The highest BCUT2D eigenvalue weighted by atomic mass is 79.9. The molecule has 0 aliphatic rings. The van der Waals surface area contributed by atoms with Crippen molar-refractivity contribution in [3.8, 4) is 5.75 Å². The first-order valence-electron chi connectivity index (χ1n) is 6.35. The molecule has 0 saturated heterocycles. The lowest BCUT2D eigenvalue weighted by molar-refractivity contribution is 0.338. The Morgan fingerprint density at radius 3 is 2.40 bits per heavy atom. The molecule has 106 valence electrons. The molecule has 0 aliphatic heterocycles. The molecule has 0 aliphatic carbocycles. The fourth-order valence-corrected chi connectivity index (χ4v) is 2.88. The van der Waals surface area contributed by atoms with Crippen LogP contribution >= 0.6 is 39.1 Å². The zero-order chi connectivity index (χ0) is 14.7. The zero-order valence-electron chi connectivity index (χ0n) is 11.3. The number of aryl methyl sites for hydroxylation is 1. The van der Waals surface area contributed by atoms with Crippen LogP contribution in [0.4, 0.5) is 0 Å². The van der Waals surface area contributed by atoms with Crippen LogP contribution in [0.15, 0.2) is 40.9 Å². The molecule has 1 unspecified atom stereocenters. The van der Waals surface area contributed by atoms with E-state index >= 15 is 0 Å². The van der Waals surface area contributed by atoms with Crippen molar-refractivity contribution in [2.24, 2.45) is 0 Å². The van der Waals surface area contributed by atoms with Gasteiger partial charge in [-0.25, -0.2) is 0 Å². The van der Waals surface area contributed by atoms with E-state index in [0.717, 1.165) is 31.9 Å². The third kappa shape index (κ3) is 3.49. The van der Waals surface area contributed by atoms with Crippen LogP contribution in [0.2, 0.25) is 5.02 Å². The monoisotopic (exact) mass is 372 g/mol. The summed E-state index contributed by atoms with van der Waals surface area (Å²) in [6.07, 6.45) is 0. The van der Waals surface area contributed by atoms with E-state index in [-0.39, 0.29) is 5.38 Å². The molecule has 0 saturated carbocycles. The Hall–Kier alpha value is -0.700. The largest absolute Gasteiger partial charge is 0.493 e. The maximum Gasteiger partial charge on any atom is 0.133 e. The van der Waals surface area contributed by atoms with E-state index in [4.69, 9.17) is 27.9 Å². The van der Waals surface area contributed by atoms with E-state index in [1.54, 1.807) is 0 Å². The number of hydrogen-bond donors (Lipinski definition) is 0. The van der Waals surface area contributed by atoms with Crippen molar-refractivity contribution in [1.29, 1.82) is 0 Å². The minimum Gasteiger partial charge on any atom is -0.493 e. The number of halogens is 3. The lowest BCUT2D eigenvalue weighted by atomic mass is 10.0. The van der Waals surface area contributed by atoms with Gasteiger partial charge in [-0.1, -0.05) is 29.8 Å². The minimum absolute atomic E-state index is 0.236. The predicted molar refractivity (Wildman–Crippen MR) is 89.2 cm³/mol. The fourth-order valence-electron chi connectivity index (χ4n) is 1.91. The van der Waals surface area contributed by atoms with Crippen LogP contribution in [0.25, 0.3) is 0 Å². The third-order valence-electron chi connectivity index (χ3n) is 3.04. The summed E-state index contributed by atoms with van der Waals surface area (Å²) in [6, 6.07) is 11.8. The molecular weight excluding hydrogens is 359 g/mol. The Kier molecular flexibility index (Phi) is 5.36. The SMILES string of the molecule is CCOc1ccc(C(Cl)c2ccc(C)c(Cl)c2)cc1Br. The Labute approximate surface area is 138 Å². The van der Waals surface area contributed by atoms with Gasteiger partial charge in [0.15, 0.2) is 0 Å². The Bertz CT molecular complexity index is 613. The molecule has 4 heteroatoms. The smallest absolute Gasteiger partial charge is 0.133 e. The second-order valence-corrected chi connectivity index (χ2v) is 6.19. The minimum atomic E-state index is -0.236. The summed E-state index contributed by atoms with van der Waals surface area (Å²) in [7, 11) is 0. The predicted octanol–water partition coefficient (Wildman–Crippen LogP) is 6.14. The maximum absolute atomic E-state index is 6.54. The first kappa shape index (κ1) is 15.7. The summed E-state index contributed by atoms with van der Waals surface area (Å²) in [6.45, 7) is 4.57. The first-order valence-corrected chi connectivity index (χ1v) is 7.96. The van der Waals surface area contributed by atoms with Gasteiger partial charge in [0.2, 0.25) is 0 Å². The van der Waals surface area contributed by atoms with Gasteiger partial charge in [0.1, 0.15) is 5.75 Å². The van der Waals surface area contributed by atoms with Crippen LogP contribution in [0, 0.1) is 6.92 Å². The molecule has 0 bridgehead atoms. The van der Waals surface area contributed by atoms with E-state index < -0.39 is 0 Å². The summed E-state index contributed by atoms with van der Waals surface area (Å²) < 4.78 is 6.40. The summed E-state index contributed by atoms with van der Waals surface area (Å²) >= 11 is 16.2. The molecule has 0 N–H and O–H groups in total. The van der Waals surface area contributed by atoms with E-state index in [0.29, 0.717) is 6.61 Å². The molecule has 0 amide bonds. The highest BCUT2D eigenvalue weighted by molar-refractivity contribution is 9.10. The zero-order valence-corrected chi connectivity index (χ0v) is 14.4. The van der Waals surface area contributed by atoms with Gasteiger partial charge in [0, 0.05) is 5.02 Å². The van der Waals surface area contributed by atoms with Gasteiger partial charge in [-0.3, -0.25) is 0 Å². The molecule has 0 spiro atoms. The molecule has 0 fully saturated rings. The van der Waals surface area contributed by atoms with Crippen molar-refractivity contribution in [1.82, 2.24) is 0 Å². The highest BCUT2D eigenvalue weighted by Gasteiger charge is 2.13. The average molecular weight is 374 g/mol. The van der Waals surface area contributed by atoms with E-state index in [2.05, 4.69) is 15.9 Å². The summed E-state index contributed by atoms with van der Waals surface area (Å²) in [5.41, 5.74) is 3.03. The third-order valence-corrected chi connectivity index (χ3v) is 4.57. The molecule has 2 aromatic rings. The Balaban J connectivity index is 2.30. The van der Waals surface area contributed by atoms with Crippen LogP contribution in [-0.2, 0) is 0 Å². The standard InChI is InChI=1S/C16H15BrCl2O/c1-3-20-15-7-6-11(8-13(15)17)16(19)12-5-4-10(2)14(18)9-12/h4-9,16H,3H2,1-2H3. The molecule has 2 aromatic carbocycles. The molecule has 2 rings (SSSR count). The summed E-state index contributed by atoms with van der Waals surface area (Å²) in [4.78, 5) is 0. The van der Waals surface area contributed by atoms with E-state index in [1.165, 1.54) is 0 Å². The topological polar surface area (TPSA) is 9.23 Å². The molecule has 0 heterocycles. The lowest BCUT2D eigenvalue weighted by Gasteiger charge is -2.14. The van der Waals surface area contributed by atoms with Gasteiger partial charge >= 0.3 is 0 Å². The van der Waals surface area contributed by atoms with Crippen molar-refractivity contribution >= 4 is 39.1 Å². The molecule has 0 radical (unpaired) electrons. The second kappa shape index (κ2) is 6.84. The number of alkyl halides is 1. The van der Waals surface area contributed by atoms with Crippen LogP contribution in [0.5, 0.6) is 5.75 Å². The van der Waals surface area contributed by atoms with Crippen LogP contribution in [0.1, 0.15) is 29.0 Å². The van der Waals surface area contributed by atoms with Gasteiger partial charge < -0.3 is 4.74 Å². The number of hydrogen-bond acceptors (Lipinski definition) is 1. The summed E-state index contributed by atoms with van der Waals surface area (Å²) in [5.74, 6) is 0.821. The quantitative estimate of drug-likeness (QED) is 0.585. The number of benzene rings is 2. The molecule has 1 nitrogen and oxygen atoms in total. The number of ether oxygens (including phenoxy) is 1. The van der Waals surface area contributed by atoms with Crippen molar-refractivity contribution in [3.05, 3.63) is 62.6 Å². The molecular formula is C16H15BrCl2O. The van der Waals surface area contributed by atoms with Gasteiger partial charge in [-0.05, 0) is 64.7 Å². The Morgan fingerprint density at radius 2 is 1.80 bits per heavy atom. The van der Waals surface area contributed by atoms with Gasteiger partial charge in [-0.2, -0.15) is 0 Å². The second-order valence-electron chi connectivity index (χ2n) is 4.49. The fraction of sp³-hybridized carbons (Fsp3) is 0.250. The van der Waals surface area contributed by atoms with Crippen LogP contribution < -0.4 is 4.74 Å². The van der Waals surface area contributed by atoms with Gasteiger partial charge in [-0.15, -0.1) is 11.6 Å². The highest BCUT2D eigenvalue weighted by Crippen LogP contribution is 2.35. The maximum atomic E-state index is 6.54. The Morgan fingerprint density at radius 1 is 1.15 bits per heavy atom. The van der Waals surface area contributed by atoms with Crippen molar-refractivity contribution in [3.63, 3.8) is 0 Å². The van der Waals surface area contributed by atoms with Crippen LogP contribution in [-0.4, -0.2) is 6.61 Å². The van der Waals surface area contributed by atoms with E-state index in [9.17, 15) is 0 Å². The van der Waals surface area contributed by atoms with E-state index in [1.807, 2.05) is 50.2 Å². The van der Waals surface area contributed by atoms with Crippen molar-refractivity contribution in [2.75, 3.05) is 6.61 Å². The summed E-state index contributed by atoms with van der Waals surface area (Å²) in [5, 5.41) is 0.498. The normalized spacial score (nSPS) is 12.2. The van der Waals surface area contributed by atoms with Crippen molar-refractivity contribution < 1.29 is 4.74 Å². The van der Waals surface area contributed by atoms with Crippen LogP contribution in [0.3, 0.4) is 0 Å².